The van der Waals surface area contributed by atoms with Crippen LogP contribution >= 0.6 is 0 Å². The zero-order valence-corrected chi connectivity index (χ0v) is 23.9. The molecule has 11 heteroatoms. The van der Waals surface area contributed by atoms with Crippen molar-refractivity contribution >= 4 is 29.1 Å². The Bertz CT molecular complexity index is 1460. The number of hydrogen-bond donors (Lipinski definition) is 1. The minimum Gasteiger partial charge on any atom is -0.494 e. The first-order chi connectivity index (χ1) is 20.2. The van der Waals surface area contributed by atoms with Crippen molar-refractivity contribution in [2.45, 2.75) is 26.9 Å². The third kappa shape index (κ3) is 8.14. The summed E-state index contributed by atoms with van der Waals surface area (Å²) >= 11 is 0. The van der Waals surface area contributed by atoms with Crippen molar-refractivity contribution in [1.29, 1.82) is 0 Å². The van der Waals surface area contributed by atoms with Gasteiger partial charge in [0.15, 0.2) is 0 Å². The monoisotopic (exact) mass is 577 g/mol. The molecule has 9 nitrogen and oxygen atoms in total. The topological polar surface area (TPSA) is 89.1 Å². The highest BCUT2D eigenvalue weighted by Gasteiger charge is 2.27. The molecule has 1 N–H and O–H groups in total. The molecule has 0 spiro atoms. The van der Waals surface area contributed by atoms with E-state index in [0.717, 1.165) is 29.8 Å². The number of carbonyl (C=O) groups excluding carboxylic acids is 1. The second-order valence-electron chi connectivity index (χ2n) is 9.66. The molecule has 1 amide bonds. The van der Waals surface area contributed by atoms with E-state index in [1.54, 1.807) is 12.1 Å². The number of halogens is 2. The molecule has 0 saturated heterocycles. The fraction of sp³-hybridized carbons (Fsp3) is 0.258. The van der Waals surface area contributed by atoms with Gasteiger partial charge in [-0.2, -0.15) is 13.8 Å². The molecule has 4 rings (SSSR count). The minimum absolute atomic E-state index is 0.0400. The van der Waals surface area contributed by atoms with E-state index in [-0.39, 0.29) is 23.3 Å². The van der Waals surface area contributed by atoms with Gasteiger partial charge >= 0.3 is 12.7 Å². The summed E-state index contributed by atoms with van der Waals surface area (Å²) in [5, 5.41) is 3.08. The van der Waals surface area contributed by atoms with Gasteiger partial charge in [-0.3, -0.25) is 0 Å². The molecule has 0 unspecified atom stereocenters. The van der Waals surface area contributed by atoms with E-state index in [2.05, 4.69) is 20.2 Å². The summed E-state index contributed by atoms with van der Waals surface area (Å²) in [4.78, 5) is 25.5. The molecule has 1 aromatic heterocycles. The zero-order chi connectivity index (χ0) is 30.1. The number of nitrogens with zero attached hydrogens (tertiary/aromatic N) is 4. The summed E-state index contributed by atoms with van der Waals surface area (Å²) in [5.74, 6) is 0.717. The highest BCUT2D eigenvalue weighted by atomic mass is 19.3. The van der Waals surface area contributed by atoms with E-state index < -0.39 is 12.7 Å². The van der Waals surface area contributed by atoms with Crippen LogP contribution in [0.3, 0.4) is 0 Å². The molecule has 0 atom stereocenters. The van der Waals surface area contributed by atoms with E-state index in [1.807, 2.05) is 70.4 Å². The summed E-state index contributed by atoms with van der Waals surface area (Å²) in [5.41, 5.74) is 2.73. The first-order valence-electron chi connectivity index (χ1n) is 13.3. The fourth-order valence-electron chi connectivity index (χ4n) is 4.23. The van der Waals surface area contributed by atoms with E-state index >= 15 is 0 Å². The lowest BCUT2D eigenvalue weighted by Gasteiger charge is -2.27. The number of carbonyl (C=O) groups is 1. The van der Waals surface area contributed by atoms with Crippen LogP contribution in [0.2, 0.25) is 0 Å². The number of benzene rings is 3. The van der Waals surface area contributed by atoms with Crippen LogP contribution in [0.1, 0.15) is 17.5 Å². The molecule has 0 fully saturated rings. The average molecular weight is 578 g/mol. The van der Waals surface area contributed by atoms with Crippen molar-refractivity contribution in [3.8, 4) is 17.4 Å². The molecule has 1 heterocycles. The van der Waals surface area contributed by atoms with E-state index in [4.69, 9.17) is 14.2 Å². The first kappa shape index (κ1) is 30.2. The van der Waals surface area contributed by atoms with Crippen molar-refractivity contribution in [3.63, 3.8) is 0 Å². The SMILES string of the molecule is Cc1cccc(C)c1N(C(=O)Oc1ccnc(Nc2ccc(OCCCN(C)C)cc2)n1)c1ccccc1OC(F)F. The van der Waals surface area contributed by atoms with Crippen LogP contribution in [0.5, 0.6) is 17.4 Å². The molecule has 42 heavy (non-hydrogen) atoms. The summed E-state index contributed by atoms with van der Waals surface area (Å²) in [6.45, 7) is 2.09. The van der Waals surface area contributed by atoms with Gasteiger partial charge in [0.2, 0.25) is 11.8 Å². The molecule has 0 aliphatic rings. The number of amides is 1. The van der Waals surface area contributed by atoms with Crippen molar-refractivity contribution in [3.05, 3.63) is 90.1 Å². The van der Waals surface area contributed by atoms with Crippen LogP contribution in [0, 0.1) is 13.8 Å². The summed E-state index contributed by atoms with van der Waals surface area (Å²) in [6.07, 6.45) is 1.49. The summed E-state index contributed by atoms with van der Waals surface area (Å²) < 4.78 is 42.6. The number of aryl methyl sites for hydroxylation is 2. The van der Waals surface area contributed by atoms with Gasteiger partial charge < -0.3 is 24.4 Å². The van der Waals surface area contributed by atoms with Gasteiger partial charge in [0, 0.05) is 24.5 Å². The van der Waals surface area contributed by atoms with Crippen molar-refractivity contribution in [1.82, 2.24) is 14.9 Å². The number of aromatic nitrogens is 2. The Kier molecular flexibility index (Phi) is 10.2. The van der Waals surface area contributed by atoms with Gasteiger partial charge in [0.1, 0.15) is 11.5 Å². The van der Waals surface area contributed by atoms with Crippen LogP contribution in [0.15, 0.2) is 79.0 Å². The Labute approximate surface area is 243 Å². The van der Waals surface area contributed by atoms with Gasteiger partial charge in [-0.1, -0.05) is 30.3 Å². The smallest absolute Gasteiger partial charge is 0.425 e. The lowest BCUT2D eigenvalue weighted by Crippen LogP contribution is -2.31. The predicted octanol–water partition coefficient (Wildman–Crippen LogP) is 7.11. The molecule has 4 aromatic rings. The molecule has 3 aromatic carbocycles. The standard InChI is InChI=1S/C31H33F2N5O4/c1-21-9-7-10-22(2)28(21)38(25-11-5-6-12-26(25)41-29(32)33)31(39)42-27-17-18-34-30(36-27)35-23-13-15-24(16-14-23)40-20-8-19-37(3)4/h5-7,9-18,29H,8,19-20H2,1-4H3,(H,34,35,36). The van der Waals surface area contributed by atoms with Crippen LogP contribution < -0.4 is 24.4 Å². The van der Waals surface area contributed by atoms with Gasteiger partial charge in [-0.05, 0) is 81.9 Å². The van der Waals surface area contributed by atoms with E-state index in [0.29, 0.717) is 18.0 Å². The predicted molar refractivity (Wildman–Crippen MR) is 158 cm³/mol. The largest absolute Gasteiger partial charge is 0.494 e. The van der Waals surface area contributed by atoms with Crippen LogP contribution in [0.4, 0.5) is 36.6 Å². The Hall–Kier alpha value is -4.77. The van der Waals surface area contributed by atoms with Crippen LogP contribution in [-0.4, -0.2) is 54.8 Å². The number of hydrogen-bond acceptors (Lipinski definition) is 8. The normalized spacial score (nSPS) is 11.0. The van der Waals surface area contributed by atoms with Gasteiger partial charge in [0.05, 0.1) is 18.0 Å². The first-order valence-corrected chi connectivity index (χ1v) is 13.3. The quantitative estimate of drug-likeness (QED) is 0.178. The fourth-order valence-corrected chi connectivity index (χ4v) is 4.23. The van der Waals surface area contributed by atoms with Crippen LogP contribution in [-0.2, 0) is 0 Å². The second-order valence-corrected chi connectivity index (χ2v) is 9.66. The van der Waals surface area contributed by atoms with Crippen LogP contribution in [0.25, 0.3) is 0 Å². The Morgan fingerprint density at radius 3 is 2.36 bits per heavy atom. The molecule has 0 aliphatic carbocycles. The molecule has 0 saturated carbocycles. The maximum absolute atomic E-state index is 13.7. The molecule has 0 bridgehead atoms. The third-order valence-corrected chi connectivity index (χ3v) is 6.12. The van der Waals surface area contributed by atoms with E-state index in [9.17, 15) is 13.6 Å². The van der Waals surface area contributed by atoms with Gasteiger partial charge in [-0.25, -0.2) is 14.7 Å². The van der Waals surface area contributed by atoms with E-state index in [1.165, 1.54) is 29.3 Å². The maximum Gasteiger partial charge on any atom is 0.425 e. The number of para-hydroxylation sites is 3. The zero-order valence-electron chi connectivity index (χ0n) is 23.9. The molecular weight excluding hydrogens is 544 g/mol. The Morgan fingerprint density at radius 1 is 0.952 bits per heavy atom. The number of rotatable bonds is 12. The Balaban J connectivity index is 1.53. The van der Waals surface area contributed by atoms with Gasteiger partial charge in [0.25, 0.3) is 0 Å². The van der Waals surface area contributed by atoms with Crippen molar-refractivity contribution in [2.75, 3.05) is 37.5 Å². The molecule has 0 radical (unpaired) electrons. The third-order valence-electron chi connectivity index (χ3n) is 6.12. The summed E-state index contributed by atoms with van der Waals surface area (Å²) in [6, 6.07) is 20.2. The second kappa shape index (κ2) is 14.2. The minimum atomic E-state index is -3.08. The number of ether oxygens (including phenoxy) is 3. The average Bonchev–Trinajstić information content (AvgIpc) is 2.94. The van der Waals surface area contributed by atoms with Gasteiger partial charge in [-0.15, -0.1) is 0 Å². The highest BCUT2D eigenvalue weighted by Crippen LogP contribution is 2.38. The number of nitrogens with one attached hydrogen (secondary N) is 1. The highest BCUT2D eigenvalue weighted by molar-refractivity contribution is 6.00. The number of alkyl halides is 2. The lowest BCUT2D eigenvalue weighted by molar-refractivity contribution is -0.0494. The summed E-state index contributed by atoms with van der Waals surface area (Å²) in [7, 11) is 4.04. The number of anilines is 4. The molecule has 0 aliphatic heterocycles. The molecule has 220 valence electrons. The Morgan fingerprint density at radius 2 is 1.67 bits per heavy atom. The maximum atomic E-state index is 13.7. The molecular formula is C31H33F2N5O4. The lowest BCUT2D eigenvalue weighted by atomic mass is 10.1. The van der Waals surface area contributed by atoms with Crippen molar-refractivity contribution < 1.29 is 27.8 Å². The van der Waals surface area contributed by atoms with Crippen molar-refractivity contribution in [2.24, 2.45) is 0 Å².